The molecule has 5 rings (SSSR count). The lowest BCUT2D eigenvalue weighted by Gasteiger charge is -2.28. The number of nitrogens with zero attached hydrogens (tertiary/aromatic N) is 3. The lowest BCUT2D eigenvalue weighted by atomic mass is 10.0. The first kappa shape index (κ1) is 22.7. The van der Waals surface area contributed by atoms with Crippen molar-refractivity contribution >= 4 is 37.5 Å². The Balaban J connectivity index is 1.38. The Hall–Kier alpha value is -3.07. The molecule has 0 fully saturated rings. The second-order valence-corrected chi connectivity index (χ2v) is 11.5. The van der Waals surface area contributed by atoms with Gasteiger partial charge in [-0.05, 0) is 54.8 Å². The fraction of sp³-hybridized carbons (Fsp3) is 0.231. The van der Waals surface area contributed by atoms with Crippen molar-refractivity contribution in [3.8, 4) is 0 Å². The van der Waals surface area contributed by atoms with E-state index in [2.05, 4.69) is 4.98 Å². The summed E-state index contributed by atoms with van der Waals surface area (Å²) in [5, 5.41) is 0.841. The zero-order valence-corrected chi connectivity index (χ0v) is 20.6. The van der Waals surface area contributed by atoms with Crippen LogP contribution in [-0.2, 0) is 23.0 Å². The molecular weight excluding hydrogens is 466 g/mol. The van der Waals surface area contributed by atoms with Crippen molar-refractivity contribution in [1.82, 2.24) is 14.2 Å². The summed E-state index contributed by atoms with van der Waals surface area (Å²) >= 11 is 1.56. The molecule has 0 bridgehead atoms. The van der Waals surface area contributed by atoms with E-state index in [9.17, 15) is 13.2 Å². The quantitative estimate of drug-likeness (QED) is 0.399. The molecule has 8 heteroatoms. The van der Waals surface area contributed by atoms with Gasteiger partial charge in [-0.1, -0.05) is 42.5 Å². The van der Waals surface area contributed by atoms with Gasteiger partial charge in [-0.15, -0.1) is 11.3 Å². The number of carbonyl (C=O) groups excluding carboxylic acids is 1. The van der Waals surface area contributed by atoms with Gasteiger partial charge in [0.2, 0.25) is 10.0 Å². The summed E-state index contributed by atoms with van der Waals surface area (Å²) < 4.78 is 29.3. The van der Waals surface area contributed by atoms with E-state index in [-0.39, 0.29) is 16.8 Å². The highest BCUT2D eigenvalue weighted by molar-refractivity contribution is 7.89. The van der Waals surface area contributed by atoms with Crippen LogP contribution in [0.15, 0.2) is 77.7 Å². The molecule has 0 spiro atoms. The largest absolute Gasteiger partial charge is 0.333 e. The third-order valence-electron chi connectivity index (χ3n) is 6.38. The van der Waals surface area contributed by atoms with Gasteiger partial charge in [-0.2, -0.15) is 4.31 Å². The molecule has 0 aliphatic carbocycles. The Morgan fingerprint density at radius 2 is 1.76 bits per heavy atom. The van der Waals surface area contributed by atoms with Crippen LogP contribution in [0.25, 0.3) is 10.2 Å². The van der Waals surface area contributed by atoms with Gasteiger partial charge in [0.25, 0.3) is 5.91 Å². The predicted molar refractivity (Wildman–Crippen MR) is 134 cm³/mol. The molecule has 174 valence electrons. The summed E-state index contributed by atoms with van der Waals surface area (Å²) in [6, 6.07) is 21.9. The number of hydrogen-bond acceptors (Lipinski definition) is 5. The van der Waals surface area contributed by atoms with E-state index in [0.717, 1.165) is 20.8 Å². The molecule has 34 heavy (non-hydrogen) atoms. The van der Waals surface area contributed by atoms with Gasteiger partial charge in [0.15, 0.2) is 0 Å². The molecule has 1 aromatic heterocycles. The fourth-order valence-corrected chi connectivity index (χ4v) is 6.76. The van der Waals surface area contributed by atoms with Gasteiger partial charge < -0.3 is 4.90 Å². The maximum Gasteiger partial charge on any atom is 0.254 e. The van der Waals surface area contributed by atoms with E-state index < -0.39 is 10.0 Å². The molecule has 1 aliphatic heterocycles. The Kier molecular flexibility index (Phi) is 5.97. The van der Waals surface area contributed by atoms with Crippen LogP contribution >= 0.6 is 11.3 Å². The molecule has 0 saturated heterocycles. The molecule has 0 saturated carbocycles. The monoisotopic (exact) mass is 491 g/mol. The van der Waals surface area contributed by atoms with Gasteiger partial charge in [-0.3, -0.25) is 4.79 Å². The van der Waals surface area contributed by atoms with Crippen molar-refractivity contribution in [3.05, 3.63) is 94.5 Å². The molecule has 6 nitrogen and oxygen atoms in total. The van der Waals surface area contributed by atoms with Crippen LogP contribution in [0, 0.1) is 0 Å². The summed E-state index contributed by atoms with van der Waals surface area (Å²) in [6.07, 6.45) is 0.677. The fourth-order valence-electron chi connectivity index (χ4n) is 4.23. The molecule has 3 aromatic carbocycles. The van der Waals surface area contributed by atoms with Crippen molar-refractivity contribution in [1.29, 1.82) is 0 Å². The highest BCUT2D eigenvalue weighted by atomic mass is 32.2. The topological polar surface area (TPSA) is 70.6 Å². The summed E-state index contributed by atoms with van der Waals surface area (Å²) in [4.78, 5) is 19.7. The molecule has 4 aromatic rings. The maximum absolute atomic E-state index is 13.4. The molecule has 1 aliphatic rings. The van der Waals surface area contributed by atoms with E-state index in [1.165, 1.54) is 15.9 Å². The molecule has 0 unspecified atom stereocenters. The molecule has 0 radical (unpaired) electrons. The normalized spacial score (nSPS) is 15.1. The number of fused-ring (bicyclic) bond motifs is 2. The number of benzene rings is 3. The highest BCUT2D eigenvalue weighted by Crippen LogP contribution is 2.30. The number of carbonyl (C=O) groups is 1. The van der Waals surface area contributed by atoms with E-state index in [1.807, 2.05) is 55.5 Å². The second-order valence-electron chi connectivity index (χ2n) is 8.50. The number of amides is 1. The Labute approximate surface area is 203 Å². The van der Waals surface area contributed by atoms with Crippen LogP contribution in [0.3, 0.4) is 0 Å². The number of sulfonamides is 1. The second kappa shape index (κ2) is 8.94. The maximum atomic E-state index is 13.4. The molecule has 1 amide bonds. The number of aromatic nitrogens is 1. The summed E-state index contributed by atoms with van der Waals surface area (Å²) in [5.74, 6) is -0.243. The molecule has 2 heterocycles. The predicted octanol–water partition coefficient (Wildman–Crippen LogP) is 4.88. The van der Waals surface area contributed by atoms with Crippen molar-refractivity contribution in [2.75, 3.05) is 13.6 Å². The summed E-state index contributed by atoms with van der Waals surface area (Å²) in [7, 11) is -2.00. The SMILES string of the molecule is C[C@H](c1nc2ccccc2s1)N(C)C(=O)c1cccc(S(=O)(=O)N2CCc3ccccc3C2)c1. The third kappa shape index (κ3) is 4.13. The van der Waals surface area contributed by atoms with Gasteiger partial charge >= 0.3 is 0 Å². The van der Waals surface area contributed by atoms with Crippen LogP contribution in [0.1, 0.15) is 39.5 Å². The first-order valence-electron chi connectivity index (χ1n) is 11.1. The minimum absolute atomic E-state index is 0.138. The zero-order valence-electron chi connectivity index (χ0n) is 19.0. The van der Waals surface area contributed by atoms with Crippen LogP contribution in [0.2, 0.25) is 0 Å². The van der Waals surface area contributed by atoms with Crippen LogP contribution in [0.5, 0.6) is 0 Å². The van der Waals surface area contributed by atoms with Crippen molar-refractivity contribution in [2.45, 2.75) is 30.8 Å². The molecule has 0 N–H and O–H groups in total. The average Bonchev–Trinajstić information content (AvgIpc) is 3.31. The summed E-state index contributed by atoms with van der Waals surface area (Å²) in [6.45, 7) is 2.69. The van der Waals surface area contributed by atoms with Crippen LogP contribution < -0.4 is 0 Å². The highest BCUT2D eigenvalue weighted by Gasteiger charge is 2.29. The zero-order chi connectivity index (χ0) is 23.9. The Bertz CT molecular complexity index is 1450. The van der Waals surface area contributed by atoms with Crippen molar-refractivity contribution in [2.24, 2.45) is 0 Å². The Morgan fingerprint density at radius 1 is 1.03 bits per heavy atom. The van der Waals surface area contributed by atoms with E-state index in [4.69, 9.17) is 0 Å². The minimum atomic E-state index is -3.72. The lowest BCUT2D eigenvalue weighted by Crippen LogP contribution is -2.36. The van der Waals surface area contributed by atoms with Gasteiger partial charge in [0, 0.05) is 25.7 Å². The third-order valence-corrected chi connectivity index (χ3v) is 9.43. The first-order chi connectivity index (χ1) is 16.3. The van der Waals surface area contributed by atoms with E-state index in [1.54, 1.807) is 41.5 Å². The molecule has 1 atom stereocenters. The number of thiazole rings is 1. The van der Waals surface area contributed by atoms with Gasteiger partial charge in [0.1, 0.15) is 5.01 Å². The minimum Gasteiger partial charge on any atom is -0.333 e. The average molecular weight is 492 g/mol. The van der Waals surface area contributed by atoms with Crippen molar-refractivity contribution < 1.29 is 13.2 Å². The Morgan fingerprint density at radius 3 is 2.56 bits per heavy atom. The number of hydrogen-bond donors (Lipinski definition) is 0. The van der Waals surface area contributed by atoms with Gasteiger partial charge in [0.05, 0.1) is 21.2 Å². The summed E-state index contributed by atoms with van der Waals surface area (Å²) in [5.41, 5.74) is 3.46. The van der Waals surface area contributed by atoms with Crippen molar-refractivity contribution in [3.63, 3.8) is 0 Å². The van der Waals surface area contributed by atoms with Crippen LogP contribution in [-0.4, -0.2) is 42.1 Å². The van der Waals surface area contributed by atoms with Gasteiger partial charge in [-0.25, -0.2) is 13.4 Å². The number of para-hydroxylation sites is 1. The van der Waals surface area contributed by atoms with Crippen LogP contribution in [0.4, 0.5) is 0 Å². The smallest absolute Gasteiger partial charge is 0.254 e. The standard InChI is InChI=1S/C26H25N3O3S2/c1-18(25-27-23-12-5-6-13-24(23)33-25)28(2)26(30)20-10-7-11-22(16-20)34(31,32)29-15-14-19-8-3-4-9-21(19)17-29/h3-13,16,18H,14-15,17H2,1-2H3/t18-/m1/s1. The first-order valence-corrected chi connectivity index (χ1v) is 13.4. The van der Waals surface area contributed by atoms with E-state index >= 15 is 0 Å². The lowest BCUT2D eigenvalue weighted by molar-refractivity contribution is 0.0742. The van der Waals surface area contributed by atoms with E-state index in [0.29, 0.717) is 25.1 Å². The number of rotatable bonds is 5. The molecular formula is C26H25N3O3S2.